The summed E-state index contributed by atoms with van der Waals surface area (Å²) in [6.45, 7) is 1.69. The van der Waals surface area contributed by atoms with E-state index >= 15 is 0 Å². The lowest BCUT2D eigenvalue weighted by Gasteiger charge is -2.07. The molecule has 154 valence electrons. The number of ether oxygens (including phenoxy) is 1. The minimum Gasteiger partial charge on any atom is -0.497 e. The number of nitrogens with zero attached hydrogens (tertiary/aromatic N) is 2. The fourth-order valence-corrected chi connectivity index (χ4v) is 2.97. The molecule has 0 aliphatic carbocycles. The third-order valence-corrected chi connectivity index (χ3v) is 4.69. The smallest absolute Gasteiger partial charge is 0.352 e. The summed E-state index contributed by atoms with van der Waals surface area (Å²) in [6.07, 6.45) is 0.961. The van der Waals surface area contributed by atoms with Crippen molar-refractivity contribution in [3.8, 4) is 11.4 Å². The van der Waals surface area contributed by atoms with Crippen molar-refractivity contribution >= 4 is 17.4 Å². The monoisotopic (exact) mass is 407 g/mol. The number of hydrogen-bond acceptors (Lipinski definition) is 5. The number of carbonyl (C=O) groups excluding carboxylic acids is 1. The number of hydrogen-bond donors (Lipinski definition) is 2. The number of aliphatic carboxylic acids is 1. The van der Waals surface area contributed by atoms with Crippen LogP contribution in [0.15, 0.2) is 71.2 Å². The Labute approximate surface area is 172 Å². The molecule has 0 spiro atoms. The maximum absolute atomic E-state index is 13.0. The second kappa shape index (κ2) is 8.52. The molecule has 0 aliphatic heterocycles. The number of anilines is 1. The van der Waals surface area contributed by atoms with E-state index in [2.05, 4.69) is 5.32 Å². The number of carboxylic acids is 1. The van der Waals surface area contributed by atoms with Gasteiger partial charge >= 0.3 is 5.97 Å². The largest absolute Gasteiger partial charge is 0.497 e. The third-order valence-electron chi connectivity index (χ3n) is 4.69. The van der Waals surface area contributed by atoms with Crippen molar-refractivity contribution in [2.24, 2.45) is 7.05 Å². The zero-order chi connectivity index (χ0) is 21.8. The lowest BCUT2D eigenvalue weighted by atomic mass is 10.1. The number of benzene rings is 2. The third kappa shape index (κ3) is 4.02. The lowest BCUT2D eigenvalue weighted by molar-refractivity contribution is -0.132. The fourth-order valence-electron chi connectivity index (χ4n) is 2.97. The summed E-state index contributed by atoms with van der Waals surface area (Å²) in [7, 11) is 3.20. The van der Waals surface area contributed by atoms with Crippen LogP contribution in [0.4, 0.5) is 5.69 Å². The molecule has 3 rings (SSSR count). The van der Waals surface area contributed by atoms with Crippen LogP contribution >= 0.6 is 0 Å². The highest BCUT2D eigenvalue weighted by Gasteiger charge is 2.20. The second-order valence-electron chi connectivity index (χ2n) is 6.52. The first-order valence-corrected chi connectivity index (χ1v) is 9.08. The Morgan fingerprint density at radius 1 is 1.07 bits per heavy atom. The standard InChI is InChI=1S/C22H21N3O5/c1-14-20(21(27)25(24(14)2)16-7-5-4-6-8-16)23-18(22(28)29)13-19(26)15-9-11-17(30-3)12-10-15/h4-13,23H,1-3H3,(H,28,29)/b18-13-. The van der Waals surface area contributed by atoms with E-state index in [0.717, 1.165) is 6.08 Å². The summed E-state index contributed by atoms with van der Waals surface area (Å²) < 4.78 is 8.09. The van der Waals surface area contributed by atoms with Gasteiger partial charge in [-0.1, -0.05) is 18.2 Å². The van der Waals surface area contributed by atoms with Crippen LogP contribution in [-0.4, -0.2) is 33.3 Å². The Balaban J connectivity index is 1.98. The molecule has 0 unspecified atom stereocenters. The van der Waals surface area contributed by atoms with Crippen LogP contribution in [0.3, 0.4) is 0 Å². The lowest BCUT2D eigenvalue weighted by Crippen LogP contribution is -2.22. The maximum Gasteiger partial charge on any atom is 0.352 e. The van der Waals surface area contributed by atoms with Crippen LogP contribution in [0.25, 0.3) is 5.69 Å². The highest BCUT2D eigenvalue weighted by atomic mass is 16.5. The van der Waals surface area contributed by atoms with Crippen LogP contribution in [0.1, 0.15) is 16.1 Å². The molecule has 1 aromatic heterocycles. The molecule has 2 N–H and O–H groups in total. The van der Waals surface area contributed by atoms with Crippen molar-refractivity contribution < 1.29 is 19.4 Å². The van der Waals surface area contributed by atoms with E-state index in [-0.39, 0.29) is 5.69 Å². The van der Waals surface area contributed by atoms with E-state index in [1.165, 1.54) is 23.9 Å². The molecule has 0 aliphatic rings. The Morgan fingerprint density at radius 2 is 1.70 bits per heavy atom. The maximum atomic E-state index is 13.0. The fraction of sp³-hybridized carbons (Fsp3) is 0.136. The molecule has 0 radical (unpaired) electrons. The number of para-hydroxylation sites is 1. The Morgan fingerprint density at radius 3 is 2.27 bits per heavy atom. The number of carboxylic acid groups (broad SMARTS) is 1. The summed E-state index contributed by atoms with van der Waals surface area (Å²) in [4.78, 5) is 37.2. The van der Waals surface area contributed by atoms with Gasteiger partial charge in [0.1, 0.15) is 17.1 Å². The van der Waals surface area contributed by atoms with E-state index in [0.29, 0.717) is 22.7 Å². The van der Waals surface area contributed by atoms with Crippen molar-refractivity contribution in [1.82, 2.24) is 9.36 Å². The van der Waals surface area contributed by atoms with Crippen molar-refractivity contribution in [2.75, 3.05) is 12.4 Å². The van der Waals surface area contributed by atoms with Gasteiger partial charge in [0, 0.05) is 18.7 Å². The molecule has 0 saturated carbocycles. The van der Waals surface area contributed by atoms with E-state index < -0.39 is 23.0 Å². The molecular weight excluding hydrogens is 386 g/mol. The van der Waals surface area contributed by atoms with Gasteiger partial charge in [0.15, 0.2) is 5.78 Å². The molecule has 3 aromatic rings. The predicted octanol–water partition coefficient (Wildman–Crippen LogP) is 2.76. The van der Waals surface area contributed by atoms with Crippen molar-refractivity contribution in [3.05, 3.63) is 88.0 Å². The molecule has 0 atom stereocenters. The summed E-state index contributed by atoms with van der Waals surface area (Å²) in [5.41, 5.74) is 0.705. The number of allylic oxidation sites excluding steroid dienone is 1. The van der Waals surface area contributed by atoms with Gasteiger partial charge in [-0.15, -0.1) is 0 Å². The highest BCUT2D eigenvalue weighted by molar-refractivity contribution is 6.09. The van der Waals surface area contributed by atoms with Crippen LogP contribution in [0, 0.1) is 6.92 Å². The summed E-state index contributed by atoms with van der Waals surface area (Å²) in [5.74, 6) is -1.29. The zero-order valence-electron chi connectivity index (χ0n) is 16.7. The number of aromatic nitrogens is 2. The average Bonchev–Trinajstić information content (AvgIpc) is 2.96. The van der Waals surface area contributed by atoms with Gasteiger partial charge < -0.3 is 15.2 Å². The van der Waals surface area contributed by atoms with Crippen LogP contribution in [-0.2, 0) is 11.8 Å². The van der Waals surface area contributed by atoms with Crippen LogP contribution in [0.5, 0.6) is 5.75 Å². The molecule has 8 heteroatoms. The van der Waals surface area contributed by atoms with E-state index in [1.54, 1.807) is 55.1 Å². The minimum absolute atomic E-state index is 0.0810. The average molecular weight is 407 g/mol. The minimum atomic E-state index is -1.36. The molecule has 0 bridgehead atoms. The first-order valence-electron chi connectivity index (χ1n) is 9.08. The Kier molecular flexibility index (Phi) is 5.87. The topological polar surface area (TPSA) is 103 Å². The molecule has 8 nitrogen and oxygen atoms in total. The van der Waals surface area contributed by atoms with E-state index in [1.807, 2.05) is 6.07 Å². The van der Waals surface area contributed by atoms with Gasteiger partial charge in [-0.3, -0.25) is 14.3 Å². The van der Waals surface area contributed by atoms with E-state index in [4.69, 9.17) is 4.74 Å². The van der Waals surface area contributed by atoms with Gasteiger partial charge in [-0.2, -0.15) is 0 Å². The normalized spacial score (nSPS) is 11.2. The first kappa shape index (κ1) is 20.7. The molecule has 1 heterocycles. The molecule has 30 heavy (non-hydrogen) atoms. The highest BCUT2D eigenvalue weighted by Crippen LogP contribution is 2.17. The summed E-state index contributed by atoms with van der Waals surface area (Å²) in [5, 5.41) is 12.2. The molecule has 2 aromatic carbocycles. The number of ketones is 1. The Bertz CT molecular complexity index is 1170. The van der Waals surface area contributed by atoms with Crippen LogP contribution in [0.2, 0.25) is 0 Å². The van der Waals surface area contributed by atoms with Gasteiger partial charge in [0.05, 0.1) is 18.5 Å². The number of carbonyl (C=O) groups is 2. The number of rotatable bonds is 7. The summed E-state index contributed by atoms with van der Waals surface area (Å²) >= 11 is 0. The van der Waals surface area contributed by atoms with E-state index in [9.17, 15) is 19.5 Å². The number of methoxy groups -OCH3 is 1. The van der Waals surface area contributed by atoms with Crippen LogP contribution < -0.4 is 15.6 Å². The van der Waals surface area contributed by atoms with Gasteiger partial charge in [-0.05, 0) is 43.3 Å². The van der Waals surface area contributed by atoms with Gasteiger partial charge in [-0.25, -0.2) is 9.48 Å². The van der Waals surface area contributed by atoms with Crippen molar-refractivity contribution in [2.45, 2.75) is 6.92 Å². The predicted molar refractivity (Wildman–Crippen MR) is 112 cm³/mol. The Hall–Kier alpha value is -4.07. The molecule has 0 fully saturated rings. The zero-order valence-corrected chi connectivity index (χ0v) is 16.7. The molecule has 0 saturated heterocycles. The van der Waals surface area contributed by atoms with Crippen molar-refractivity contribution in [1.29, 1.82) is 0 Å². The quantitative estimate of drug-likeness (QED) is 0.461. The first-order chi connectivity index (χ1) is 14.3. The molecular formula is C22H21N3O5. The molecule has 0 amide bonds. The SMILES string of the molecule is COc1ccc(C(=O)/C=C(\Nc2c(C)n(C)n(-c3ccccc3)c2=O)C(=O)O)cc1. The summed E-state index contributed by atoms with van der Waals surface area (Å²) in [6, 6.07) is 15.3. The number of nitrogens with one attached hydrogen (secondary N) is 1. The van der Waals surface area contributed by atoms with Crippen molar-refractivity contribution in [3.63, 3.8) is 0 Å². The second-order valence-corrected chi connectivity index (χ2v) is 6.52. The van der Waals surface area contributed by atoms with Gasteiger partial charge in [0.2, 0.25) is 0 Å². The van der Waals surface area contributed by atoms with Gasteiger partial charge in [0.25, 0.3) is 5.56 Å².